The van der Waals surface area contributed by atoms with Crippen LogP contribution in [0.4, 0.5) is 4.79 Å². The first-order chi connectivity index (χ1) is 14.9. The molecule has 0 aromatic carbocycles. The van der Waals surface area contributed by atoms with E-state index in [4.69, 9.17) is 14.9 Å². The topological polar surface area (TPSA) is 68.4 Å². The number of rotatable bonds is 5. The van der Waals surface area contributed by atoms with Crippen molar-refractivity contribution in [2.75, 3.05) is 33.7 Å². The third kappa shape index (κ3) is 4.46. The largest absolute Gasteiger partial charge is 0.444 e. The average Bonchev–Trinajstić information content (AvgIpc) is 3.10. The van der Waals surface area contributed by atoms with Crippen molar-refractivity contribution in [1.29, 1.82) is 0 Å². The summed E-state index contributed by atoms with van der Waals surface area (Å²) in [6.07, 6.45) is 1.88. The molecule has 1 saturated carbocycles. The Labute approximate surface area is 199 Å². The number of amides is 1. The number of likely N-dealkylation sites (N-methyl/N-ethyl adjacent to an activating group) is 1. The zero-order chi connectivity index (χ0) is 23.4. The van der Waals surface area contributed by atoms with Crippen molar-refractivity contribution < 1.29 is 9.53 Å². The molecular weight excluding hydrogens is 472 g/mol. The van der Waals surface area contributed by atoms with Crippen LogP contribution in [0.25, 0.3) is 11.4 Å². The summed E-state index contributed by atoms with van der Waals surface area (Å²) in [5.74, 6) is 0. The van der Waals surface area contributed by atoms with Gasteiger partial charge in [-0.1, -0.05) is 0 Å². The number of ether oxygens (including phenoxy) is 1. The SMILES string of the molecule is Cc1cc(-c2nn(C3CC4(C3)CN(C(=O)OC(C)(C)C)C4)c(C)c2Br)nn1CCN(C)C. The lowest BCUT2D eigenvalue weighted by atomic mass is 9.61. The summed E-state index contributed by atoms with van der Waals surface area (Å²) < 4.78 is 10.7. The van der Waals surface area contributed by atoms with Crippen LogP contribution in [0.3, 0.4) is 0 Å². The van der Waals surface area contributed by atoms with Crippen LogP contribution in [0.1, 0.15) is 51.0 Å². The molecule has 2 aliphatic rings. The first kappa shape index (κ1) is 23.3. The maximum absolute atomic E-state index is 12.3. The van der Waals surface area contributed by atoms with Crippen molar-refractivity contribution in [3.05, 3.63) is 21.9 Å². The number of aromatic nitrogens is 4. The fraction of sp³-hybridized carbons (Fsp3) is 0.696. The van der Waals surface area contributed by atoms with Crippen LogP contribution in [-0.2, 0) is 11.3 Å². The molecule has 0 bridgehead atoms. The normalized spacial score (nSPS) is 18.2. The third-order valence-corrected chi connectivity index (χ3v) is 7.40. The molecule has 4 rings (SSSR count). The van der Waals surface area contributed by atoms with Gasteiger partial charge in [0.2, 0.25) is 0 Å². The van der Waals surface area contributed by atoms with Crippen molar-refractivity contribution in [3.63, 3.8) is 0 Å². The number of carbonyl (C=O) groups is 1. The fourth-order valence-corrected chi connectivity index (χ4v) is 5.22. The van der Waals surface area contributed by atoms with Crippen molar-refractivity contribution in [1.82, 2.24) is 29.4 Å². The number of aryl methyl sites for hydroxylation is 1. The highest BCUT2D eigenvalue weighted by atomic mass is 79.9. The Morgan fingerprint density at radius 3 is 2.50 bits per heavy atom. The van der Waals surface area contributed by atoms with E-state index in [1.165, 1.54) is 0 Å². The van der Waals surface area contributed by atoms with E-state index in [0.717, 1.165) is 66.3 Å². The van der Waals surface area contributed by atoms with Crippen molar-refractivity contribution >= 4 is 22.0 Å². The lowest BCUT2D eigenvalue weighted by molar-refractivity contribution is -0.0930. The Hall–Kier alpha value is -1.87. The Balaban J connectivity index is 1.41. The van der Waals surface area contributed by atoms with Gasteiger partial charge in [-0.05, 0) is 83.6 Å². The second kappa shape index (κ2) is 8.17. The van der Waals surface area contributed by atoms with Gasteiger partial charge in [0.15, 0.2) is 0 Å². The Kier molecular flexibility index (Phi) is 5.94. The van der Waals surface area contributed by atoms with E-state index in [1.54, 1.807) is 0 Å². The summed E-state index contributed by atoms with van der Waals surface area (Å²) in [5, 5.41) is 9.77. The smallest absolute Gasteiger partial charge is 0.410 e. The molecule has 2 aromatic rings. The summed E-state index contributed by atoms with van der Waals surface area (Å²) in [7, 11) is 4.14. The summed E-state index contributed by atoms with van der Waals surface area (Å²) in [6.45, 7) is 13.3. The van der Waals surface area contributed by atoms with Crippen LogP contribution >= 0.6 is 15.9 Å². The first-order valence-electron chi connectivity index (χ1n) is 11.3. The van der Waals surface area contributed by atoms with E-state index < -0.39 is 5.60 Å². The second-order valence-electron chi connectivity index (χ2n) is 10.8. The lowest BCUT2D eigenvalue weighted by Crippen LogP contribution is -2.64. The Morgan fingerprint density at radius 1 is 1.25 bits per heavy atom. The van der Waals surface area contributed by atoms with E-state index in [0.29, 0.717) is 6.04 Å². The highest BCUT2D eigenvalue weighted by molar-refractivity contribution is 9.10. The molecule has 0 radical (unpaired) electrons. The maximum atomic E-state index is 12.3. The molecule has 1 saturated heterocycles. The maximum Gasteiger partial charge on any atom is 0.410 e. The number of hydrogen-bond donors (Lipinski definition) is 0. The molecule has 1 aliphatic heterocycles. The van der Waals surface area contributed by atoms with Gasteiger partial charge in [-0.2, -0.15) is 10.2 Å². The van der Waals surface area contributed by atoms with Crippen LogP contribution in [0.15, 0.2) is 10.5 Å². The molecule has 1 spiro atoms. The van der Waals surface area contributed by atoms with Gasteiger partial charge < -0.3 is 14.5 Å². The average molecular weight is 507 g/mol. The van der Waals surface area contributed by atoms with Crippen LogP contribution in [0.5, 0.6) is 0 Å². The van der Waals surface area contributed by atoms with E-state index >= 15 is 0 Å². The fourth-order valence-electron chi connectivity index (χ4n) is 4.75. The summed E-state index contributed by atoms with van der Waals surface area (Å²) in [5.41, 5.74) is 3.85. The summed E-state index contributed by atoms with van der Waals surface area (Å²) >= 11 is 3.76. The van der Waals surface area contributed by atoms with Crippen LogP contribution < -0.4 is 0 Å². The zero-order valence-electron chi connectivity index (χ0n) is 20.3. The van der Waals surface area contributed by atoms with E-state index in [1.807, 2.05) is 30.4 Å². The number of carbonyl (C=O) groups excluding carboxylic acids is 1. The van der Waals surface area contributed by atoms with E-state index in [2.05, 4.69) is 59.5 Å². The molecule has 2 fully saturated rings. The first-order valence-corrected chi connectivity index (χ1v) is 12.1. The van der Waals surface area contributed by atoms with E-state index in [-0.39, 0.29) is 11.5 Å². The van der Waals surface area contributed by atoms with Gasteiger partial charge in [0, 0.05) is 30.7 Å². The van der Waals surface area contributed by atoms with Gasteiger partial charge in [-0.15, -0.1) is 0 Å². The van der Waals surface area contributed by atoms with Crippen LogP contribution in [0.2, 0.25) is 0 Å². The Bertz CT molecular complexity index is 1000. The molecule has 0 N–H and O–H groups in total. The standard InChI is InChI=1S/C23H35BrN6O2/c1-15-10-18(25-29(15)9-8-27(6)7)20-19(24)16(2)30(26-20)17-11-23(12-17)13-28(14-23)21(31)32-22(3,4)5/h10,17H,8-9,11-14H2,1-7H3. The minimum absolute atomic E-state index is 0.202. The van der Waals surface area contributed by atoms with Crippen molar-refractivity contribution in [2.45, 2.75) is 65.6 Å². The molecule has 2 aromatic heterocycles. The molecular formula is C23H35BrN6O2. The molecule has 0 unspecified atom stereocenters. The van der Waals surface area contributed by atoms with Crippen LogP contribution in [-0.4, -0.2) is 74.8 Å². The van der Waals surface area contributed by atoms with Gasteiger partial charge in [0.05, 0.1) is 22.8 Å². The molecule has 0 atom stereocenters. The molecule has 176 valence electrons. The minimum Gasteiger partial charge on any atom is -0.444 e. The number of hydrogen-bond acceptors (Lipinski definition) is 5. The second-order valence-corrected chi connectivity index (χ2v) is 11.6. The van der Waals surface area contributed by atoms with Gasteiger partial charge in [0.25, 0.3) is 0 Å². The minimum atomic E-state index is -0.450. The molecule has 32 heavy (non-hydrogen) atoms. The van der Waals surface area contributed by atoms with Crippen molar-refractivity contribution in [3.8, 4) is 11.4 Å². The lowest BCUT2D eigenvalue weighted by Gasteiger charge is -2.58. The molecule has 1 aliphatic carbocycles. The number of halogens is 1. The highest BCUT2D eigenvalue weighted by Crippen LogP contribution is 2.55. The number of nitrogens with zero attached hydrogens (tertiary/aromatic N) is 6. The van der Waals surface area contributed by atoms with Gasteiger partial charge >= 0.3 is 6.09 Å². The predicted octanol–water partition coefficient (Wildman–Crippen LogP) is 4.26. The molecule has 9 heteroatoms. The zero-order valence-corrected chi connectivity index (χ0v) is 21.9. The van der Waals surface area contributed by atoms with Gasteiger partial charge in [0.1, 0.15) is 17.0 Å². The quantitative estimate of drug-likeness (QED) is 0.605. The summed E-state index contributed by atoms with van der Waals surface area (Å²) in [4.78, 5) is 16.2. The van der Waals surface area contributed by atoms with Crippen molar-refractivity contribution in [2.24, 2.45) is 5.41 Å². The monoisotopic (exact) mass is 506 g/mol. The molecule has 8 nitrogen and oxygen atoms in total. The molecule has 1 amide bonds. The third-order valence-electron chi connectivity index (χ3n) is 6.45. The number of likely N-dealkylation sites (tertiary alicyclic amines) is 1. The van der Waals surface area contributed by atoms with Gasteiger partial charge in [-0.3, -0.25) is 9.36 Å². The predicted molar refractivity (Wildman–Crippen MR) is 128 cm³/mol. The van der Waals surface area contributed by atoms with E-state index in [9.17, 15) is 4.79 Å². The van der Waals surface area contributed by atoms with Crippen LogP contribution in [0, 0.1) is 19.3 Å². The highest BCUT2D eigenvalue weighted by Gasteiger charge is 2.55. The summed E-state index contributed by atoms with van der Waals surface area (Å²) in [6, 6.07) is 2.47. The Morgan fingerprint density at radius 2 is 1.91 bits per heavy atom. The van der Waals surface area contributed by atoms with Gasteiger partial charge in [-0.25, -0.2) is 4.79 Å². The molecule has 3 heterocycles.